The monoisotopic (exact) mass is 1320 g/mol. The molecule has 2 amide bonds. The van der Waals surface area contributed by atoms with Gasteiger partial charge in [-0.2, -0.15) is 0 Å². The fourth-order valence-electron chi connectivity index (χ4n) is 11.4. The first kappa shape index (κ1) is 61.0. The van der Waals surface area contributed by atoms with Crippen LogP contribution in [0.1, 0.15) is 48.4 Å². The number of carbonyl (C=O) groups is 2. The summed E-state index contributed by atoms with van der Waals surface area (Å²) >= 11 is 4.60. The van der Waals surface area contributed by atoms with Gasteiger partial charge in [-0.3, -0.25) is 14.6 Å². The summed E-state index contributed by atoms with van der Waals surface area (Å²) in [4.78, 5) is 85.4. The summed E-state index contributed by atoms with van der Waals surface area (Å²) in [7, 11) is -3.07. The van der Waals surface area contributed by atoms with Gasteiger partial charge in [-0.25, -0.2) is 18.4 Å². The maximum Gasteiger partial charge on any atom is 2.00 e. The maximum atomic E-state index is 13.4. The molecule has 0 aliphatic carbocycles. The number of sulfone groups is 1. The number of hydrogen-bond donors (Lipinski definition) is 0. The van der Waals surface area contributed by atoms with E-state index < -0.39 is 9.84 Å². The number of pyridine rings is 1. The molecule has 1 fully saturated rings. The standard InChI is InChI=1S/C69H56N12O5S4.Cu/c1-5-79(6-2)68(82)41-23-31-46(32-24-41)88-54-22-14-19-50-58(54)66-74-61-49-18-13-21-53(87-45-15-10-9-11-16-45)57(49)65(73-61)72-60-48-17-12-20-52(86-44-29-27-43(28-30-44)81-35-37-90(84,85)38-36-81)56(48)64(71-60)77-63-51-39-70-40-55(59(51)67(78-63)76-62(50)75-66)89-47-33-25-42(26-34-47)69(83)80(7-3)8-4;/h9-34,39-40H,5-8,35-38H2,1-4H3;/q-2;+2. The Labute approximate surface area is 548 Å². The Morgan fingerprint density at radius 1 is 0.495 bits per heavy atom. The van der Waals surface area contributed by atoms with Crippen LogP contribution in [0.25, 0.3) is 89.7 Å². The molecular weight excluding hydrogens is 1270 g/mol. The van der Waals surface area contributed by atoms with E-state index in [1.165, 1.54) is 23.5 Å². The number of hydrogen-bond acceptors (Lipinski definition) is 16. The van der Waals surface area contributed by atoms with Crippen molar-refractivity contribution in [1.82, 2.24) is 54.7 Å². The molecule has 457 valence electrons. The summed E-state index contributed by atoms with van der Waals surface area (Å²) < 4.78 is 31.4. The minimum atomic E-state index is -3.07. The molecule has 17 nitrogen and oxygen atoms in total. The Morgan fingerprint density at radius 2 is 0.989 bits per heavy atom. The van der Waals surface area contributed by atoms with E-state index in [-0.39, 0.29) is 46.2 Å². The number of fused-ring (bicyclic) bond motifs is 20. The van der Waals surface area contributed by atoms with Crippen molar-refractivity contribution in [3.05, 3.63) is 181 Å². The van der Waals surface area contributed by atoms with Crippen molar-refractivity contribution in [2.45, 2.75) is 57.1 Å². The molecule has 0 saturated carbocycles. The second-order valence-electron chi connectivity index (χ2n) is 21.4. The molecule has 3 aliphatic heterocycles. The van der Waals surface area contributed by atoms with Gasteiger partial charge in [0.25, 0.3) is 11.8 Å². The minimum absolute atomic E-state index is 0. The van der Waals surface area contributed by atoms with E-state index in [9.17, 15) is 18.0 Å². The molecule has 1 saturated heterocycles. The number of anilines is 1. The summed E-state index contributed by atoms with van der Waals surface area (Å²) in [6, 6.07) is 50.8. The molecule has 0 atom stereocenters. The van der Waals surface area contributed by atoms with E-state index in [1.54, 1.807) is 34.0 Å². The predicted molar refractivity (Wildman–Crippen MR) is 355 cm³/mol. The van der Waals surface area contributed by atoms with Crippen LogP contribution in [0.2, 0.25) is 0 Å². The van der Waals surface area contributed by atoms with Gasteiger partial charge in [0, 0.05) is 153 Å². The largest absolute Gasteiger partial charge is 2.00 e. The van der Waals surface area contributed by atoms with Gasteiger partial charge in [0.1, 0.15) is 11.5 Å². The summed E-state index contributed by atoms with van der Waals surface area (Å²) in [6.07, 6.45) is 3.52. The van der Waals surface area contributed by atoms with Crippen LogP contribution in [-0.4, -0.2) is 116 Å². The Balaban J connectivity index is 0.00000758. The molecule has 7 heterocycles. The topological polar surface area (TPSA) is 206 Å². The van der Waals surface area contributed by atoms with Crippen molar-refractivity contribution in [2.24, 2.45) is 0 Å². The second kappa shape index (κ2) is 25.8. The molecular formula is C69H56CuN12O5S4. The molecule has 1 radical (unpaired) electrons. The van der Waals surface area contributed by atoms with Crippen molar-refractivity contribution in [3.8, 4) is 57.1 Å². The van der Waals surface area contributed by atoms with Crippen molar-refractivity contribution in [2.75, 3.05) is 55.7 Å². The van der Waals surface area contributed by atoms with Crippen LogP contribution in [0.3, 0.4) is 0 Å². The molecule has 14 rings (SSSR count). The van der Waals surface area contributed by atoms with Gasteiger partial charge in [-0.1, -0.05) is 89.9 Å². The zero-order valence-electron chi connectivity index (χ0n) is 49.7. The van der Waals surface area contributed by atoms with Gasteiger partial charge in [-0.15, -0.1) is 0 Å². The van der Waals surface area contributed by atoms with E-state index in [0.29, 0.717) is 124 Å². The molecule has 0 unspecified atom stereocenters. The number of benzene rings is 7. The summed E-state index contributed by atoms with van der Waals surface area (Å²) in [5, 5.41) is 2.78. The van der Waals surface area contributed by atoms with Gasteiger partial charge in [0.2, 0.25) is 0 Å². The Kier molecular flexibility index (Phi) is 17.3. The summed E-state index contributed by atoms with van der Waals surface area (Å²) in [5.41, 5.74) is 6.18. The van der Waals surface area contributed by atoms with Crippen LogP contribution >= 0.6 is 35.3 Å². The molecule has 11 aromatic rings. The number of rotatable bonds is 15. The molecule has 0 N–H and O–H groups in total. The fourth-order valence-corrected chi connectivity index (χ4v) is 15.5. The first-order valence-electron chi connectivity index (χ1n) is 29.6. The molecule has 4 aromatic heterocycles. The quantitative estimate of drug-likeness (QED) is 0.0875. The third kappa shape index (κ3) is 12.1. The van der Waals surface area contributed by atoms with E-state index in [2.05, 4.69) is 23.1 Å². The Hall–Kier alpha value is -8.89. The van der Waals surface area contributed by atoms with Crippen LogP contribution < -0.4 is 19.6 Å². The van der Waals surface area contributed by atoms with Crippen LogP contribution in [0.5, 0.6) is 11.5 Å². The number of amides is 2. The summed E-state index contributed by atoms with van der Waals surface area (Å²) in [6.45, 7) is 11.2. The van der Waals surface area contributed by atoms with Crippen LogP contribution in [0, 0.1) is 0 Å². The average Bonchev–Trinajstić information content (AvgIpc) is 1.63. The minimum Gasteiger partial charge on any atom is -0.457 e. The first-order chi connectivity index (χ1) is 43.9. The van der Waals surface area contributed by atoms with E-state index in [1.807, 2.05) is 167 Å². The first-order valence-corrected chi connectivity index (χ1v) is 33.9. The smallest absolute Gasteiger partial charge is 0.457 e. The van der Waals surface area contributed by atoms with Gasteiger partial charge >= 0.3 is 17.1 Å². The molecule has 3 aliphatic rings. The average molecular weight is 1330 g/mol. The van der Waals surface area contributed by atoms with Crippen molar-refractivity contribution in [3.63, 3.8) is 0 Å². The number of aromatic nitrogens is 9. The van der Waals surface area contributed by atoms with Gasteiger partial charge in [-0.05, 0) is 136 Å². The maximum absolute atomic E-state index is 13.4. The van der Waals surface area contributed by atoms with Crippen LogP contribution in [-0.2, 0) is 26.9 Å². The third-order valence-corrected chi connectivity index (χ3v) is 20.8. The van der Waals surface area contributed by atoms with E-state index in [0.717, 1.165) is 57.0 Å². The predicted octanol–water partition coefficient (Wildman–Crippen LogP) is 14.0. The molecule has 0 spiro atoms. The van der Waals surface area contributed by atoms with Gasteiger partial charge in [0.05, 0.1) is 40.4 Å². The number of nitrogens with zero attached hydrogens (tertiary/aromatic N) is 12. The molecule has 22 heteroatoms. The normalized spacial score (nSPS) is 13.1. The van der Waals surface area contributed by atoms with Gasteiger partial charge in [0.15, 0.2) is 9.84 Å². The van der Waals surface area contributed by atoms with Crippen molar-refractivity contribution < 1.29 is 39.8 Å². The zero-order valence-corrected chi connectivity index (χ0v) is 53.9. The Bertz CT molecular complexity index is 4920. The Morgan fingerprint density at radius 3 is 1.59 bits per heavy atom. The van der Waals surface area contributed by atoms with Crippen molar-refractivity contribution in [1.29, 1.82) is 0 Å². The van der Waals surface area contributed by atoms with Crippen molar-refractivity contribution >= 4 is 107 Å². The molecule has 7 aromatic carbocycles. The fraction of sp³-hybridized carbons (Fsp3) is 0.174. The molecule has 8 bridgehead atoms. The third-order valence-electron chi connectivity index (χ3n) is 16.0. The number of ether oxygens (including phenoxy) is 1. The summed E-state index contributed by atoms with van der Waals surface area (Å²) in [5.74, 6) is 2.51. The zero-order chi connectivity index (χ0) is 61.6. The number of carbonyl (C=O) groups excluding carboxylic acids is 2. The van der Waals surface area contributed by atoms with E-state index >= 15 is 0 Å². The second-order valence-corrected chi connectivity index (χ2v) is 27.1. The van der Waals surface area contributed by atoms with Crippen LogP contribution in [0.4, 0.5) is 5.69 Å². The van der Waals surface area contributed by atoms with Crippen LogP contribution in [0.15, 0.2) is 199 Å². The van der Waals surface area contributed by atoms with Gasteiger partial charge < -0.3 is 49.3 Å². The SMILES string of the molecule is CCN(CC)C(=O)c1ccc(Sc2cccc3c2-c2nc-3nc3[n-]c(nc4nc(nc5[n-]c(n2)c2cccc(Sc6ccccc6)c52)-c2cccc(Oc5ccc(N6CCS(=O)(=O)CC6)cc5)c2-4)c2cncc(Sc4ccc(C(=O)N(CC)CC)cc4)c32)cc1.[Cu+2]. The molecule has 91 heavy (non-hydrogen) atoms. The van der Waals surface area contributed by atoms with E-state index in [4.69, 9.17) is 49.6 Å².